The van der Waals surface area contributed by atoms with Crippen molar-refractivity contribution in [2.45, 2.75) is 19.3 Å². The summed E-state index contributed by atoms with van der Waals surface area (Å²) >= 11 is 0. The summed E-state index contributed by atoms with van der Waals surface area (Å²) in [5.74, 6) is -0.642. The minimum Gasteiger partial charge on any atom is -0.469 e. The molecule has 1 aromatic rings. The highest BCUT2D eigenvalue weighted by molar-refractivity contribution is 5.78. The predicted octanol–water partition coefficient (Wildman–Crippen LogP) is 2.88. The van der Waals surface area contributed by atoms with E-state index >= 15 is 0 Å². The molecule has 84 valence electrons. The smallest absolute Gasteiger partial charge is 0.309 e. The summed E-state index contributed by atoms with van der Waals surface area (Å²) in [6, 6.07) is 7.38. The molecule has 0 radical (unpaired) electrons. The summed E-state index contributed by atoms with van der Waals surface area (Å²) < 4.78 is 18.6. The first-order chi connectivity index (χ1) is 7.72. The fourth-order valence-corrected chi connectivity index (χ4v) is 1.95. The quantitative estimate of drug-likeness (QED) is 0.716. The second-order valence-corrected chi connectivity index (χ2v) is 3.83. The summed E-state index contributed by atoms with van der Waals surface area (Å²) in [6.07, 6.45) is 1.44. The van der Waals surface area contributed by atoms with Crippen LogP contribution < -0.4 is 0 Å². The molecule has 0 aliphatic heterocycles. The first-order valence-electron chi connectivity index (χ1n) is 5.25. The van der Waals surface area contributed by atoms with Crippen LogP contribution in [0.2, 0.25) is 0 Å². The second-order valence-electron chi connectivity index (χ2n) is 3.83. The number of methoxy groups -OCH3 is 1. The standard InChI is InChI=1S/C13H13FO2/c1-16-12(15)8-10-7-6-9-4-2-3-5-11(9)13(10)14/h2-5H,6-8H2,1H3. The van der Waals surface area contributed by atoms with Crippen LogP contribution in [0.4, 0.5) is 4.39 Å². The molecule has 0 saturated carbocycles. The van der Waals surface area contributed by atoms with Crippen LogP contribution in [0.25, 0.3) is 5.83 Å². The second kappa shape index (κ2) is 4.47. The van der Waals surface area contributed by atoms with Gasteiger partial charge in [-0.25, -0.2) is 4.39 Å². The lowest BCUT2D eigenvalue weighted by Crippen LogP contribution is -2.08. The zero-order valence-electron chi connectivity index (χ0n) is 9.13. The van der Waals surface area contributed by atoms with Crippen molar-refractivity contribution >= 4 is 11.8 Å². The number of aryl methyl sites for hydroxylation is 1. The van der Waals surface area contributed by atoms with Crippen molar-refractivity contribution in [2.24, 2.45) is 0 Å². The Kier molecular flexibility index (Phi) is 3.04. The van der Waals surface area contributed by atoms with Crippen LogP contribution in [-0.4, -0.2) is 13.1 Å². The number of benzene rings is 1. The zero-order chi connectivity index (χ0) is 11.5. The lowest BCUT2D eigenvalue weighted by molar-refractivity contribution is -0.139. The summed E-state index contributed by atoms with van der Waals surface area (Å²) in [6.45, 7) is 0. The van der Waals surface area contributed by atoms with Crippen LogP contribution >= 0.6 is 0 Å². The Morgan fingerprint density at radius 3 is 2.88 bits per heavy atom. The summed E-state index contributed by atoms with van der Waals surface area (Å²) in [7, 11) is 1.32. The number of fused-ring (bicyclic) bond motifs is 1. The topological polar surface area (TPSA) is 26.3 Å². The molecule has 0 aromatic heterocycles. The molecule has 0 saturated heterocycles. The van der Waals surface area contributed by atoms with E-state index in [1.54, 1.807) is 12.1 Å². The monoisotopic (exact) mass is 220 g/mol. The Morgan fingerprint density at radius 1 is 1.38 bits per heavy atom. The van der Waals surface area contributed by atoms with Gasteiger partial charge in [-0.1, -0.05) is 24.3 Å². The van der Waals surface area contributed by atoms with E-state index in [-0.39, 0.29) is 18.2 Å². The first kappa shape index (κ1) is 10.9. The number of hydrogen-bond donors (Lipinski definition) is 0. The zero-order valence-corrected chi connectivity index (χ0v) is 9.13. The average molecular weight is 220 g/mol. The Morgan fingerprint density at radius 2 is 2.12 bits per heavy atom. The lowest BCUT2D eigenvalue weighted by Gasteiger charge is -2.17. The highest BCUT2D eigenvalue weighted by Crippen LogP contribution is 2.33. The fourth-order valence-electron chi connectivity index (χ4n) is 1.95. The number of ether oxygens (including phenoxy) is 1. The normalized spacial score (nSPS) is 14.6. The van der Waals surface area contributed by atoms with Gasteiger partial charge >= 0.3 is 5.97 Å². The summed E-state index contributed by atoms with van der Waals surface area (Å²) in [4.78, 5) is 11.1. The highest BCUT2D eigenvalue weighted by Gasteiger charge is 2.20. The van der Waals surface area contributed by atoms with E-state index in [1.165, 1.54) is 7.11 Å². The molecule has 0 bridgehead atoms. The van der Waals surface area contributed by atoms with Crippen LogP contribution in [0.15, 0.2) is 29.8 Å². The van der Waals surface area contributed by atoms with Gasteiger partial charge in [-0.15, -0.1) is 0 Å². The lowest BCUT2D eigenvalue weighted by atomic mass is 9.90. The van der Waals surface area contributed by atoms with Crippen LogP contribution in [-0.2, 0) is 16.0 Å². The van der Waals surface area contributed by atoms with E-state index in [0.717, 1.165) is 12.0 Å². The van der Waals surface area contributed by atoms with Gasteiger partial charge in [0.05, 0.1) is 13.5 Å². The molecule has 0 N–H and O–H groups in total. The molecule has 2 nitrogen and oxygen atoms in total. The van der Waals surface area contributed by atoms with Crippen molar-refractivity contribution in [1.29, 1.82) is 0 Å². The SMILES string of the molecule is COC(=O)CC1=C(F)c2ccccc2CC1. The van der Waals surface area contributed by atoms with Gasteiger partial charge in [-0.2, -0.15) is 0 Å². The van der Waals surface area contributed by atoms with Gasteiger partial charge in [0.15, 0.2) is 0 Å². The maximum absolute atomic E-state index is 14.0. The maximum Gasteiger partial charge on any atom is 0.309 e. The van der Waals surface area contributed by atoms with Gasteiger partial charge in [-0.05, 0) is 24.0 Å². The molecule has 3 heteroatoms. The molecule has 0 spiro atoms. The van der Waals surface area contributed by atoms with Crippen molar-refractivity contribution in [3.8, 4) is 0 Å². The summed E-state index contributed by atoms with van der Waals surface area (Å²) in [5, 5.41) is 0. The molecule has 1 aliphatic carbocycles. The van der Waals surface area contributed by atoms with E-state index in [2.05, 4.69) is 4.74 Å². The third-order valence-electron chi connectivity index (χ3n) is 2.85. The Labute approximate surface area is 93.7 Å². The molecular weight excluding hydrogens is 207 g/mol. The van der Waals surface area contributed by atoms with E-state index < -0.39 is 0 Å². The molecule has 1 aromatic carbocycles. The Hall–Kier alpha value is -1.64. The molecule has 0 atom stereocenters. The highest BCUT2D eigenvalue weighted by atomic mass is 19.1. The van der Waals surface area contributed by atoms with Crippen molar-refractivity contribution in [3.63, 3.8) is 0 Å². The van der Waals surface area contributed by atoms with Crippen molar-refractivity contribution in [2.75, 3.05) is 7.11 Å². The van der Waals surface area contributed by atoms with Gasteiger partial charge in [0, 0.05) is 5.56 Å². The van der Waals surface area contributed by atoms with Gasteiger partial charge in [-0.3, -0.25) is 4.79 Å². The van der Waals surface area contributed by atoms with Gasteiger partial charge in [0.25, 0.3) is 0 Å². The van der Waals surface area contributed by atoms with E-state index in [9.17, 15) is 9.18 Å². The van der Waals surface area contributed by atoms with Crippen molar-refractivity contribution in [3.05, 3.63) is 41.0 Å². The van der Waals surface area contributed by atoms with E-state index in [0.29, 0.717) is 17.6 Å². The number of carbonyl (C=O) groups excluding carboxylic acids is 1. The van der Waals surface area contributed by atoms with Crippen molar-refractivity contribution in [1.82, 2.24) is 0 Å². The molecule has 0 amide bonds. The average Bonchev–Trinajstić information content (AvgIpc) is 2.33. The Balaban J connectivity index is 2.32. The molecule has 2 rings (SSSR count). The van der Waals surface area contributed by atoms with Gasteiger partial charge in [0.2, 0.25) is 0 Å². The number of carbonyl (C=O) groups is 1. The summed E-state index contributed by atoms with van der Waals surface area (Å²) in [5.41, 5.74) is 2.17. The third kappa shape index (κ3) is 1.98. The molecule has 16 heavy (non-hydrogen) atoms. The van der Waals surface area contributed by atoms with Gasteiger partial charge in [0.1, 0.15) is 5.83 Å². The van der Waals surface area contributed by atoms with Gasteiger partial charge < -0.3 is 4.74 Å². The van der Waals surface area contributed by atoms with Crippen LogP contribution in [0.3, 0.4) is 0 Å². The largest absolute Gasteiger partial charge is 0.469 e. The number of hydrogen-bond acceptors (Lipinski definition) is 2. The molecule has 0 fully saturated rings. The van der Waals surface area contributed by atoms with Crippen LogP contribution in [0.5, 0.6) is 0 Å². The molecule has 0 heterocycles. The number of halogens is 1. The van der Waals surface area contributed by atoms with E-state index in [4.69, 9.17) is 0 Å². The van der Waals surface area contributed by atoms with E-state index in [1.807, 2.05) is 12.1 Å². The first-order valence-corrected chi connectivity index (χ1v) is 5.25. The maximum atomic E-state index is 14.0. The Bertz CT molecular complexity index is 449. The minimum absolute atomic E-state index is 0.0522. The van der Waals surface area contributed by atoms with Crippen LogP contribution in [0.1, 0.15) is 24.0 Å². The van der Waals surface area contributed by atoms with Crippen LogP contribution in [0, 0.1) is 0 Å². The molecule has 0 unspecified atom stereocenters. The number of esters is 1. The van der Waals surface area contributed by atoms with Crippen molar-refractivity contribution < 1.29 is 13.9 Å². The third-order valence-corrected chi connectivity index (χ3v) is 2.85. The fraction of sp³-hybridized carbons (Fsp3) is 0.308. The predicted molar refractivity (Wildman–Crippen MR) is 59.4 cm³/mol. The number of rotatable bonds is 2. The molecule has 1 aliphatic rings. The molecular formula is C13H13FO2. The minimum atomic E-state index is -0.385.